The van der Waals surface area contributed by atoms with Gasteiger partial charge in [-0.15, -0.1) is 0 Å². The van der Waals surface area contributed by atoms with Crippen molar-refractivity contribution >= 4 is 23.3 Å². The molecule has 2 N–H and O–H groups in total. The van der Waals surface area contributed by atoms with Gasteiger partial charge in [-0.1, -0.05) is 50.5 Å². The molecule has 0 saturated heterocycles. The first-order valence-corrected chi connectivity index (χ1v) is 15.6. The highest BCUT2D eigenvalue weighted by Gasteiger charge is 2.24. The number of ether oxygens (including phenoxy) is 2. The van der Waals surface area contributed by atoms with E-state index in [4.69, 9.17) is 19.5 Å². The van der Waals surface area contributed by atoms with Crippen LogP contribution in [0.2, 0.25) is 0 Å². The average molecular weight is 610 g/mol. The Morgan fingerprint density at radius 2 is 1.76 bits per heavy atom. The Morgan fingerprint density at radius 1 is 0.911 bits per heavy atom. The van der Waals surface area contributed by atoms with Crippen molar-refractivity contribution in [1.29, 1.82) is 0 Å². The molecule has 234 valence electrons. The van der Waals surface area contributed by atoms with E-state index in [0.717, 1.165) is 68.6 Å². The van der Waals surface area contributed by atoms with E-state index in [-0.39, 0.29) is 18.3 Å². The van der Waals surface area contributed by atoms with Crippen molar-refractivity contribution < 1.29 is 18.7 Å². The van der Waals surface area contributed by atoms with Crippen LogP contribution >= 0.6 is 0 Å². The number of aromatic nitrogens is 2. The van der Waals surface area contributed by atoms with E-state index in [2.05, 4.69) is 22.5 Å². The fourth-order valence-corrected chi connectivity index (χ4v) is 5.28. The van der Waals surface area contributed by atoms with Crippen LogP contribution in [0.25, 0.3) is 11.3 Å². The van der Waals surface area contributed by atoms with Crippen LogP contribution in [0.3, 0.4) is 0 Å². The van der Waals surface area contributed by atoms with Crippen LogP contribution in [-0.4, -0.2) is 48.5 Å². The quantitative estimate of drug-likeness (QED) is 0.136. The van der Waals surface area contributed by atoms with Crippen LogP contribution in [-0.2, 0) is 11.3 Å². The molecule has 0 spiro atoms. The molecule has 0 unspecified atom stereocenters. The summed E-state index contributed by atoms with van der Waals surface area (Å²) in [5.74, 6) is 0.553. The summed E-state index contributed by atoms with van der Waals surface area (Å²) in [5, 5.41) is 6.29. The number of hydrogen-bond donors (Lipinski definition) is 2. The normalized spacial score (nSPS) is 12.0. The van der Waals surface area contributed by atoms with Gasteiger partial charge >= 0.3 is 0 Å². The summed E-state index contributed by atoms with van der Waals surface area (Å²) in [6, 6.07) is 19.5. The topological polar surface area (TPSA) is 97.7 Å². The first kappa shape index (κ1) is 31.8. The van der Waals surface area contributed by atoms with E-state index in [9.17, 15) is 4.79 Å². The van der Waals surface area contributed by atoms with Gasteiger partial charge in [0, 0.05) is 65.5 Å². The number of aliphatic imine (C=N–C) groups is 1. The van der Waals surface area contributed by atoms with Crippen LogP contribution in [0.1, 0.15) is 72.5 Å². The lowest BCUT2D eigenvalue weighted by Crippen LogP contribution is -2.24. The summed E-state index contributed by atoms with van der Waals surface area (Å²) in [4.78, 5) is 27.4. The summed E-state index contributed by atoms with van der Waals surface area (Å²) < 4.78 is 26.0. The van der Waals surface area contributed by atoms with Crippen molar-refractivity contribution in [1.82, 2.24) is 15.3 Å². The van der Waals surface area contributed by atoms with Gasteiger partial charge in [0.1, 0.15) is 11.6 Å². The number of hydrogen-bond acceptors (Lipinski definition) is 7. The molecule has 0 saturated carbocycles. The smallest absolute Gasteiger partial charge is 0.251 e. The minimum atomic E-state index is -0.383. The van der Waals surface area contributed by atoms with Gasteiger partial charge in [-0.05, 0) is 55.7 Å². The fraction of sp³-hybridized carbons (Fsp3) is 0.333. The molecule has 0 atom stereocenters. The van der Waals surface area contributed by atoms with Gasteiger partial charge in [0.15, 0.2) is 0 Å². The second kappa shape index (κ2) is 15.9. The Hall–Kier alpha value is -4.63. The van der Waals surface area contributed by atoms with Crippen LogP contribution in [0.5, 0.6) is 5.75 Å². The number of nitrogens with zero attached hydrogens (tertiary/aromatic N) is 3. The minimum Gasteiger partial charge on any atom is -0.497 e. The Morgan fingerprint density at radius 3 is 2.60 bits per heavy atom. The van der Waals surface area contributed by atoms with E-state index in [1.807, 2.05) is 30.3 Å². The lowest BCUT2D eigenvalue weighted by molar-refractivity contribution is 0.0953. The van der Waals surface area contributed by atoms with E-state index < -0.39 is 0 Å². The molecule has 1 amide bonds. The molecule has 2 heterocycles. The second-order valence-electron chi connectivity index (χ2n) is 11.0. The highest BCUT2D eigenvalue weighted by Crippen LogP contribution is 2.33. The van der Waals surface area contributed by atoms with Crippen LogP contribution in [0.4, 0.5) is 16.0 Å². The molecule has 0 bridgehead atoms. The number of nitrogens with one attached hydrogen (secondary N) is 2. The summed E-state index contributed by atoms with van der Waals surface area (Å²) >= 11 is 0. The third-order valence-corrected chi connectivity index (χ3v) is 7.62. The monoisotopic (exact) mass is 609 g/mol. The highest BCUT2D eigenvalue weighted by atomic mass is 19.1. The molecule has 4 aromatic rings. The molecule has 0 radical (unpaired) electrons. The third-order valence-electron chi connectivity index (χ3n) is 7.62. The summed E-state index contributed by atoms with van der Waals surface area (Å²) in [5.41, 5.74) is 4.97. The number of carbonyl (C=O) groups excluding carboxylic acids is 1. The first-order chi connectivity index (χ1) is 22.1. The van der Waals surface area contributed by atoms with Crippen molar-refractivity contribution in [2.75, 3.05) is 32.2 Å². The molecule has 8 nitrogen and oxygen atoms in total. The number of unbranched alkanes of at least 4 members (excludes halogenated alkanes) is 4. The zero-order chi connectivity index (χ0) is 31.4. The Balaban J connectivity index is 1.35. The Labute approximate surface area is 264 Å². The SMILES string of the molecule is CCCOCCCCCCCNC(=O)c1ccc2c(c1)C(c1ccccc1F)=NCc1cnc(Nc3cccc(OC)c3)nc1-2. The number of carbonyl (C=O) groups is 1. The molecule has 0 fully saturated rings. The summed E-state index contributed by atoms with van der Waals surface area (Å²) in [6.45, 7) is 4.61. The zero-order valence-electron chi connectivity index (χ0n) is 25.9. The maximum absolute atomic E-state index is 15.1. The van der Waals surface area contributed by atoms with E-state index in [1.54, 1.807) is 43.6 Å². The predicted molar refractivity (Wildman–Crippen MR) is 176 cm³/mol. The van der Waals surface area contributed by atoms with E-state index in [1.165, 1.54) is 6.07 Å². The van der Waals surface area contributed by atoms with Crippen LogP contribution < -0.4 is 15.4 Å². The molecular weight excluding hydrogens is 569 g/mol. The number of anilines is 2. The van der Waals surface area contributed by atoms with Gasteiger partial charge in [0.05, 0.1) is 25.1 Å². The van der Waals surface area contributed by atoms with Gasteiger partial charge in [-0.3, -0.25) is 9.79 Å². The van der Waals surface area contributed by atoms with Crippen molar-refractivity contribution in [3.63, 3.8) is 0 Å². The zero-order valence-corrected chi connectivity index (χ0v) is 25.9. The average Bonchev–Trinajstić information content (AvgIpc) is 3.22. The van der Waals surface area contributed by atoms with Gasteiger partial charge in [-0.2, -0.15) is 0 Å². The Bertz CT molecular complexity index is 1640. The summed E-state index contributed by atoms with van der Waals surface area (Å²) in [6.07, 6.45) is 8.05. The fourth-order valence-electron chi connectivity index (χ4n) is 5.28. The lowest BCUT2D eigenvalue weighted by Gasteiger charge is -2.14. The molecule has 9 heteroatoms. The Kier molecular flexibility index (Phi) is 11.2. The maximum Gasteiger partial charge on any atom is 0.251 e. The summed E-state index contributed by atoms with van der Waals surface area (Å²) in [7, 11) is 1.62. The van der Waals surface area contributed by atoms with Crippen molar-refractivity contribution in [2.45, 2.75) is 52.0 Å². The van der Waals surface area contributed by atoms with Crippen molar-refractivity contribution in [3.05, 3.63) is 101 Å². The minimum absolute atomic E-state index is 0.175. The molecule has 0 aliphatic carbocycles. The number of methoxy groups -OCH3 is 1. The van der Waals surface area contributed by atoms with Crippen LogP contribution in [0, 0.1) is 5.82 Å². The largest absolute Gasteiger partial charge is 0.497 e. The standard InChI is InChI=1S/C36H40FN5O3/c1-3-19-45-20-10-6-4-5-9-18-38-35(43)25-16-17-29-31(21-25)34(30-14-7-8-15-32(30)37)39-23-26-24-40-36(42-33(26)29)41-27-12-11-13-28(22-27)44-2/h7-8,11-17,21-22,24H,3-6,9-10,18-20,23H2,1-2H3,(H,38,43)(H,40,41,42). The molecule has 1 aromatic heterocycles. The highest BCUT2D eigenvalue weighted by molar-refractivity contribution is 6.17. The van der Waals surface area contributed by atoms with Gasteiger partial charge < -0.3 is 20.1 Å². The number of rotatable bonds is 15. The molecule has 45 heavy (non-hydrogen) atoms. The molecule has 1 aliphatic rings. The lowest BCUT2D eigenvalue weighted by atomic mass is 9.93. The van der Waals surface area contributed by atoms with Gasteiger partial charge in [-0.25, -0.2) is 14.4 Å². The second-order valence-corrected chi connectivity index (χ2v) is 11.0. The molecular formula is C36H40FN5O3. The van der Waals surface area contributed by atoms with Crippen molar-refractivity contribution in [2.24, 2.45) is 4.99 Å². The first-order valence-electron chi connectivity index (χ1n) is 15.6. The number of benzene rings is 3. The van der Waals surface area contributed by atoms with E-state index >= 15 is 4.39 Å². The van der Waals surface area contributed by atoms with Crippen LogP contribution in [0.15, 0.2) is 77.9 Å². The number of amides is 1. The molecule has 5 rings (SSSR count). The molecule has 3 aromatic carbocycles. The van der Waals surface area contributed by atoms with Gasteiger partial charge in [0.2, 0.25) is 5.95 Å². The van der Waals surface area contributed by atoms with Gasteiger partial charge in [0.25, 0.3) is 5.91 Å². The number of halogens is 1. The number of fused-ring (bicyclic) bond motifs is 3. The maximum atomic E-state index is 15.1. The van der Waals surface area contributed by atoms with Crippen molar-refractivity contribution in [3.8, 4) is 17.0 Å². The van der Waals surface area contributed by atoms with E-state index in [0.29, 0.717) is 46.3 Å². The predicted octanol–water partition coefficient (Wildman–Crippen LogP) is 7.49. The third kappa shape index (κ3) is 8.30. The molecule has 1 aliphatic heterocycles.